The van der Waals surface area contributed by atoms with Gasteiger partial charge in [0.2, 0.25) is 0 Å². The fraction of sp³-hybridized carbons (Fsp3) is 0.889. The van der Waals surface area contributed by atoms with Crippen molar-refractivity contribution in [1.82, 2.24) is 10.6 Å². The van der Waals surface area contributed by atoms with Crippen LogP contribution in [0.5, 0.6) is 0 Å². The monoisotopic (exact) mass is 167 g/mol. The lowest BCUT2D eigenvalue weighted by Gasteiger charge is -2.13. The molecule has 2 heterocycles. The first-order valence-electron chi connectivity index (χ1n) is 4.81. The molecule has 0 bridgehead atoms. The second-order valence-corrected chi connectivity index (χ2v) is 3.62. The van der Waals surface area contributed by atoms with Crippen LogP contribution in [0.3, 0.4) is 0 Å². The van der Waals surface area contributed by atoms with E-state index >= 15 is 0 Å². The van der Waals surface area contributed by atoms with Crippen LogP contribution in [0, 0.1) is 0 Å². The standard InChI is InChI=1S/C9H15N2O/c12-9(7-3-1-5-10-7)8-4-2-6-11-8/h7-8,10H,1-6H2. The van der Waals surface area contributed by atoms with E-state index in [1.165, 1.54) is 0 Å². The Balaban J connectivity index is 1.89. The van der Waals surface area contributed by atoms with E-state index in [0.29, 0.717) is 5.78 Å². The molecule has 2 aliphatic heterocycles. The maximum absolute atomic E-state index is 11.7. The fourth-order valence-corrected chi connectivity index (χ4v) is 2.01. The van der Waals surface area contributed by atoms with Gasteiger partial charge in [-0.1, -0.05) is 0 Å². The molecule has 0 spiro atoms. The number of nitrogens with one attached hydrogen (secondary N) is 1. The van der Waals surface area contributed by atoms with Crippen molar-refractivity contribution in [2.75, 3.05) is 13.1 Å². The van der Waals surface area contributed by atoms with Gasteiger partial charge in [0, 0.05) is 6.54 Å². The molecule has 0 aromatic heterocycles. The molecule has 2 fully saturated rings. The summed E-state index contributed by atoms with van der Waals surface area (Å²) in [6.07, 6.45) is 4.24. The second kappa shape index (κ2) is 3.54. The normalized spacial score (nSPS) is 35.7. The number of nitrogens with zero attached hydrogens (tertiary/aromatic N) is 1. The second-order valence-electron chi connectivity index (χ2n) is 3.62. The van der Waals surface area contributed by atoms with E-state index in [-0.39, 0.29) is 12.1 Å². The Kier molecular flexibility index (Phi) is 2.42. The number of hydrogen-bond donors (Lipinski definition) is 1. The first-order valence-corrected chi connectivity index (χ1v) is 4.81. The summed E-state index contributed by atoms with van der Waals surface area (Å²) < 4.78 is 0. The summed E-state index contributed by atoms with van der Waals surface area (Å²) in [7, 11) is 0. The summed E-state index contributed by atoms with van der Waals surface area (Å²) in [4.78, 5) is 11.7. The van der Waals surface area contributed by atoms with Gasteiger partial charge in [-0.05, 0) is 32.2 Å². The molecule has 0 aliphatic carbocycles. The minimum atomic E-state index is 0.0283. The smallest absolute Gasteiger partial charge is 0.168 e. The molecule has 12 heavy (non-hydrogen) atoms. The van der Waals surface area contributed by atoms with Gasteiger partial charge in [0.15, 0.2) is 5.78 Å². The van der Waals surface area contributed by atoms with Crippen molar-refractivity contribution in [1.29, 1.82) is 0 Å². The van der Waals surface area contributed by atoms with Crippen LogP contribution in [0.15, 0.2) is 0 Å². The van der Waals surface area contributed by atoms with Gasteiger partial charge in [0.1, 0.15) is 0 Å². The summed E-state index contributed by atoms with van der Waals surface area (Å²) in [5.74, 6) is 0.338. The zero-order chi connectivity index (χ0) is 8.39. The molecule has 0 aromatic rings. The number of Topliss-reactive ketones (excluding diaryl/α,β-unsaturated/α-hetero) is 1. The Labute approximate surface area is 72.9 Å². The van der Waals surface area contributed by atoms with Crippen LogP contribution in [0.1, 0.15) is 25.7 Å². The molecule has 3 heteroatoms. The lowest BCUT2D eigenvalue weighted by molar-refractivity contribution is -0.122. The SMILES string of the molecule is O=C(C1CCC[N]1)C1CCCN1. The molecule has 3 nitrogen and oxygen atoms in total. The highest BCUT2D eigenvalue weighted by Gasteiger charge is 2.31. The van der Waals surface area contributed by atoms with Gasteiger partial charge in [0.25, 0.3) is 0 Å². The summed E-state index contributed by atoms with van der Waals surface area (Å²) in [5, 5.41) is 7.51. The van der Waals surface area contributed by atoms with E-state index in [4.69, 9.17) is 0 Å². The molecule has 0 aromatic carbocycles. The van der Waals surface area contributed by atoms with Crippen LogP contribution in [0.4, 0.5) is 0 Å². The molecule has 1 radical (unpaired) electrons. The van der Waals surface area contributed by atoms with Crippen molar-refractivity contribution in [3.05, 3.63) is 0 Å². The number of carbonyl (C=O) groups is 1. The maximum atomic E-state index is 11.7. The maximum Gasteiger partial charge on any atom is 0.168 e. The van der Waals surface area contributed by atoms with Crippen LogP contribution in [-0.2, 0) is 4.79 Å². The lowest BCUT2D eigenvalue weighted by Crippen LogP contribution is -2.40. The van der Waals surface area contributed by atoms with E-state index in [1.54, 1.807) is 0 Å². The quantitative estimate of drug-likeness (QED) is 0.632. The number of ketones is 1. The zero-order valence-corrected chi connectivity index (χ0v) is 7.25. The van der Waals surface area contributed by atoms with Crippen molar-refractivity contribution < 1.29 is 4.79 Å². The largest absolute Gasteiger partial charge is 0.307 e. The Morgan fingerprint density at radius 3 is 2.83 bits per heavy atom. The van der Waals surface area contributed by atoms with Crippen LogP contribution >= 0.6 is 0 Å². The topological polar surface area (TPSA) is 43.2 Å². The van der Waals surface area contributed by atoms with Crippen LogP contribution < -0.4 is 10.6 Å². The van der Waals surface area contributed by atoms with Gasteiger partial charge in [-0.2, -0.15) is 0 Å². The van der Waals surface area contributed by atoms with Crippen molar-refractivity contribution in [3.8, 4) is 0 Å². The van der Waals surface area contributed by atoms with E-state index in [0.717, 1.165) is 38.8 Å². The minimum absolute atomic E-state index is 0.0283. The summed E-state index contributed by atoms with van der Waals surface area (Å²) in [6, 6.07) is 0.150. The highest BCUT2D eigenvalue weighted by Crippen LogP contribution is 2.14. The molecule has 1 N–H and O–H groups in total. The van der Waals surface area contributed by atoms with Crippen molar-refractivity contribution in [2.24, 2.45) is 0 Å². The molecule has 2 aliphatic rings. The number of rotatable bonds is 2. The third-order valence-electron chi connectivity index (χ3n) is 2.72. The Hall–Kier alpha value is -0.410. The minimum Gasteiger partial charge on any atom is -0.307 e. The van der Waals surface area contributed by atoms with Gasteiger partial charge in [-0.3, -0.25) is 4.79 Å². The molecule has 0 saturated carbocycles. The molecular weight excluding hydrogens is 152 g/mol. The van der Waals surface area contributed by atoms with Crippen molar-refractivity contribution >= 4 is 5.78 Å². The first-order chi connectivity index (χ1) is 5.88. The average molecular weight is 167 g/mol. The van der Waals surface area contributed by atoms with Gasteiger partial charge >= 0.3 is 0 Å². The average Bonchev–Trinajstić information content (AvgIpc) is 2.77. The van der Waals surface area contributed by atoms with Gasteiger partial charge < -0.3 is 5.32 Å². The summed E-state index contributed by atoms with van der Waals surface area (Å²) >= 11 is 0. The first kappa shape index (κ1) is 8.20. The van der Waals surface area contributed by atoms with Crippen LogP contribution in [-0.4, -0.2) is 31.0 Å². The van der Waals surface area contributed by atoms with Crippen molar-refractivity contribution in [2.45, 2.75) is 37.8 Å². The van der Waals surface area contributed by atoms with Gasteiger partial charge in [-0.25, -0.2) is 5.32 Å². The third kappa shape index (κ3) is 1.52. The molecule has 67 valence electrons. The predicted molar refractivity (Wildman–Crippen MR) is 46.1 cm³/mol. The molecule has 2 atom stereocenters. The zero-order valence-electron chi connectivity index (χ0n) is 7.25. The fourth-order valence-electron chi connectivity index (χ4n) is 2.01. The van der Waals surface area contributed by atoms with Crippen LogP contribution in [0.2, 0.25) is 0 Å². The summed E-state index contributed by atoms with van der Waals surface area (Å²) in [5.41, 5.74) is 0. The molecule has 2 rings (SSSR count). The van der Waals surface area contributed by atoms with E-state index < -0.39 is 0 Å². The highest BCUT2D eigenvalue weighted by molar-refractivity contribution is 5.89. The Bertz CT molecular complexity index is 151. The highest BCUT2D eigenvalue weighted by atomic mass is 16.1. The third-order valence-corrected chi connectivity index (χ3v) is 2.72. The Morgan fingerprint density at radius 1 is 1.33 bits per heavy atom. The van der Waals surface area contributed by atoms with Gasteiger partial charge in [0.05, 0.1) is 12.1 Å². The number of carbonyl (C=O) groups excluding carboxylic acids is 1. The van der Waals surface area contributed by atoms with Gasteiger partial charge in [-0.15, -0.1) is 0 Å². The predicted octanol–water partition coefficient (Wildman–Crippen LogP) is 0.0743. The molecule has 2 saturated heterocycles. The summed E-state index contributed by atoms with van der Waals surface area (Å²) in [6.45, 7) is 1.90. The molecule has 2 unspecified atom stereocenters. The Morgan fingerprint density at radius 2 is 2.25 bits per heavy atom. The number of hydrogen-bond acceptors (Lipinski definition) is 2. The lowest BCUT2D eigenvalue weighted by atomic mass is 10.0. The van der Waals surface area contributed by atoms with E-state index in [1.807, 2.05) is 0 Å². The van der Waals surface area contributed by atoms with Crippen molar-refractivity contribution in [3.63, 3.8) is 0 Å². The van der Waals surface area contributed by atoms with E-state index in [2.05, 4.69) is 10.6 Å². The van der Waals surface area contributed by atoms with E-state index in [9.17, 15) is 4.79 Å². The molecular formula is C9H15N2O. The molecule has 0 amide bonds. The van der Waals surface area contributed by atoms with Crippen LogP contribution in [0.25, 0.3) is 0 Å².